The topological polar surface area (TPSA) is 42.1 Å². The Bertz CT molecular complexity index is 561. The second kappa shape index (κ2) is 4.48. The summed E-state index contributed by atoms with van der Waals surface area (Å²) in [6, 6.07) is 10.1. The Morgan fingerprint density at radius 1 is 1.28 bits per heavy atom. The first-order chi connectivity index (χ1) is 8.76. The minimum atomic E-state index is 0.794. The van der Waals surface area contributed by atoms with E-state index in [0.717, 1.165) is 41.4 Å². The van der Waals surface area contributed by atoms with Gasteiger partial charge in [0.05, 0.1) is 5.52 Å². The SMILES string of the molecule is CCN(CC1CC1)c1ccc2cc(N)ccc2n1. The number of rotatable bonds is 4. The number of anilines is 2. The van der Waals surface area contributed by atoms with Crippen LogP contribution in [0.3, 0.4) is 0 Å². The second-order valence-corrected chi connectivity index (χ2v) is 5.10. The number of pyridine rings is 1. The molecule has 94 valence electrons. The number of hydrogen-bond donors (Lipinski definition) is 1. The third kappa shape index (κ3) is 2.26. The second-order valence-electron chi connectivity index (χ2n) is 5.10. The number of hydrogen-bond acceptors (Lipinski definition) is 3. The van der Waals surface area contributed by atoms with Crippen LogP contribution in [0.2, 0.25) is 0 Å². The maximum absolute atomic E-state index is 5.78. The van der Waals surface area contributed by atoms with Crippen molar-refractivity contribution < 1.29 is 0 Å². The van der Waals surface area contributed by atoms with E-state index in [1.165, 1.54) is 12.8 Å². The van der Waals surface area contributed by atoms with Gasteiger partial charge in [0.2, 0.25) is 0 Å². The number of benzene rings is 1. The maximum Gasteiger partial charge on any atom is 0.129 e. The number of nitrogens with two attached hydrogens (primary N) is 1. The minimum Gasteiger partial charge on any atom is -0.399 e. The summed E-state index contributed by atoms with van der Waals surface area (Å²) >= 11 is 0. The van der Waals surface area contributed by atoms with Crippen LogP contribution in [-0.2, 0) is 0 Å². The molecule has 1 aromatic carbocycles. The molecule has 1 aliphatic rings. The Morgan fingerprint density at radius 3 is 2.83 bits per heavy atom. The van der Waals surface area contributed by atoms with Crippen molar-refractivity contribution in [3.63, 3.8) is 0 Å². The van der Waals surface area contributed by atoms with Crippen LogP contribution in [0.25, 0.3) is 10.9 Å². The van der Waals surface area contributed by atoms with Gasteiger partial charge in [-0.1, -0.05) is 0 Å². The van der Waals surface area contributed by atoms with E-state index in [2.05, 4.69) is 24.0 Å². The van der Waals surface area contributed by atoms with Crippen molar-refractivity contribution in [1.29, 1.82) is 0 Å². The van der Waals surface area contributed by atoms with Crippen LogP contribution < -0.4 is 10.6 Å². The molecular formula is C15H19N3. The summed E-state index contributed by atoms with van der Waals surface area (Å²) in [7, 11) is 0. The van der Waals surface area contributed by atoms with Crippen molar-refractivity contribution in [1.82, 2.24) is 4.98 Å². The van der Waals surface area contributed by atoms with Gasteiger partial charge in [0.15, 0.2) is 0 Å². The predicted molar refractivity (Wildman–Crippen MR) is 76.8 cm³/mol. The monoisotopic (exact) mass is 241 g/mol. The molecule has 3 rings (SSSR count). The van der Waals surface area contributed by atoms with Crippen molar-refractivity contribution in [3.8, 4) is 0 Å². The van der Waals surface area contributed by atoms with Crippen molar-refractivity contribution >= 4 is 22.4 Å². The van der Waals surface area contributed by atoms with Crippen LogP contribution in [0.1, 0.15) is 19.8 Å². The molecule has 0 saturated heterocycles. The first-order valence-corrected chi connectivity index (χ1v) is 6.67. The van der Waals surface area contributed by atoms with Crippen LogP contribution in [-0.4, -0.2) is 18.1 Å². The van der Waals surface area contributed by atoms with E-state index in [0.29, 0.717) is 0 Å². The normalized spacial score (nSPS) is 14.9. The van der Waals surface area contributed by atoms with E-state index in [1.807, 2.05) is 18.2 Å². The predicted octanol–water partition coefficient (Wildman–Crippen LogP) is 3.05. The number of nitrogen functional groups attached to an aromatic ring is 1. The van der Waals surface area contributed by atoms with E-state index < -0.39 is 0 Å². The number of aromatic nitrogens is 1. The van der Waals surface area contributed by atoms with Gasteiger partial charge in [-0.15, -0.1) is 0 Å². The molecule has 0 amide bonds. The zero-order valence-corrected chi connectivity index (χ0v) is 10.8. The average molecular weight is 241 g/mol. The van der Waals surface area contributed by atoms with Crippen molar-refractivity contribution in [2.75, 3.05) is 23.7 Å². The standard InChI is InChI=1S/C15H19N3/c1-2-18(10-11-3-4-11)15-8-5-12-9-13(16)6-7-14(12)17-15/h5-9,11H,2-4,10,16H2,1H3. The fourth-order valence-corrected chi connectivity index (χ4v) is 2.31. The zero-order valence-electron chi connectivity index (χ0n) is 10.8. The van der Waals surface area contributed by atoms with E-state index >= 15 is 0 Å². The largest absolute Gasteiger partial charge is 0.399 e. The summed E-state index contributed by atoms with van der Waals surface area (Å²) in [5, 5.41) is 1.11. The van der Waals surface area contributed by atoms with Gasteiger partial charge in [-0.05, 0) is 56.0 Å². The molecule has 0 atom stereocenters. The van der Waals surface area contributed by atoms with Crippen LogP contribution in [0.4, 0.5) is 11.5 Å². The molecule has 1 aromatic heterocycles. The molecule has 1 fully saturated rings. The number of nitrogens with zero attached hydrogens (tertiary/aromatic N) is 2. The summed E-state index contributed by atoms with van der Waals surface area (Å²) in [4.78, 5) is 7.11. The first kappa shape index (κ1) is 11.3. The summed E-state index contributed by atoms with van der Waals surface area (Å²) in [5.41, 5.74) is 7.60. The van der Waals surface area contributed by atoms with Gasteiger partial charge in [0.1, 0.15) is 5.82 Å². The molecule has 2 N–H and O–H groups in total. The highest BCUT2D eigenvalue weighted by molar-refractivity contribution is 5.83. The zero-order chi connectivity index (χ0) is 12.5. The molecule has 0 spiro atoms. The highest BCUT2D eigenvalue weighted by atomic mass is 15.2. The molecule has 0 radical (unpaired) electrons. The van der Waals surface area contributed by atoms with Gasteiger partial charge in [-0.3, -0.25) is 0 Å². The lowest BCUT2D eigenvalue weighted by atomic mass is 10.2. The van der Waals surface area contributed by atoms with E-state index in [9.17, 15) is 0 Å². The lowest BCUT2D eigenvalue weighted by Crippen LogP contribution is -2.26. The van der Waals surface area contributed by atoms with Crippen molar-refractivity contribution in [3.05, 3.63) is 30.3 Å². The van der Waals surface area contributed by atoms with Crippen LogP contribution in [0.15, 0.2) is 30.3 Å². The maximum atomic E-state index is 5.78. The fourth-order valence-electron chi connectivity index (χ4n) is 2.31. The van der Waals surface area contributed by atoms with Crippen LogP contribution in [0, 0.1) is 5.92 Å². The Hall–Kier alpha value is -1.77. The summed E-state index contributed by atoms with van der Waals surface area (Å²) < 4.78 is 0. The van der Waals surface area contributed by atoms with Gasteiger partial charge in [0.25, 0.3) is 0 Å². The van der Waals surface area contributed by atoms with Crippen LogP contribution >= 0.6 is 0 Å². The van der Waals surface area contributed by atoms with Crippen LogP contribution in [0.5, 0.6) is 0 Å². The molecule has 0 bridgehead atoms. The Morgan fingerprint density at radius 2 is 2.11 bits per heavy atom. The molecular weight excluding hydrogens is 222 g/mol. The van der Waals surface area contributed by atoms with E-state index in [-0.39, 0.29) is 0 Å². The van der Waals surface area contributed by atoms with Gasteiger partial charge in [-0.2, -0.15) is 0 Å². The van der Waals surface area contributed by atoms with Gasteiger partial charge >= 0.3 is 0 Å². The minimum absolute atomic E-state index is 0.794. The first-order valence-electron chi connectivity index (χ1n) is 6.67. The number of fused-ring (bicyclic) bond motifs is 1. The molecule has 2 aromatic rings. The Labute approximate surface area is 108 Å². The third-order valence-electron chi connectivity index (χ3n) is 3.58. The third-order valence-corrected chi connectivity index (χ3v) is 3.58. The molecule has 0 unspecified atom stereocenters. The lowest BCUT2D eigenvalue weighted by Gasteiger charge is -2.22. The van der Waals surface area contributed by atoms with E-state index in [4.69, 9.17) is 10.7 Å². The summed E-state index contributed by atoms with van der Waals surface area (Å²) in [5.74, 6) is 1.97. The quantitative estimate of drug-likeness (QED) is 0.836. The van der Waals surface area contributed by atoms with Crippen molar-refractivity contribution in [2.45, 2.75) is 19.8 Å². The van der Waals surface area contributed by atoms with Crippen molar-refractivity contribution in [2.24, 2.45) is 5.92 Å². The molecule has 18 heavy (non-hydrogen) atoms. The molecule has 0 aliphatic heterocycles. The molecule has 1 saturated carbocycles. The highest BCUT2D eigenvalue weighted by Gasteiger charge is 2.24. The van der Waals surface area contributed by atoms with E-state index in [1.54, 1.807) is 0 Å². The summed E-state index contributed by atoms with van der Waals surface area (Å²) in [6.07, 6.45) is 2.75. The lowest BCUT2D eigenvalue weighted by molar-refractivity contribution is 0.733. The average Bonchev–Trinajstić information content (AvgIpc) is 3.19. The molecule has 3 nitrogen and oxygen atoms in total. The Kier molecular flexibility index (Phi) is 2.82. The molecule has 1 aliphatic carbocycles. The summed E-state index contributed by atoms with van der Waals surface area (Å²) in [6.45, 7) is 4.35. The smallest absolute Gasteiger partial charge is 0.129 e. The van der Waals surface area contributed by atoms with Gasteiger partial charge in [-0.25, -0.2) is 4.98 Å². The highest BCUT2D eigenvalue weighted by Crippen LogP contribution is 2.31. The molecule has 3 heteroatoms. The van der Waals surface area contributed by atoms with Gasteiger partial charge < -0.3 is 10.6 Å². The van der Waals surface area contributed by atoms with Gasteiger partial charge in [0, 0.05) is 24.2 Å². The Balaban J connectivity index is 1.93. The fraction of sp³-hybridized carbons (Fsp3) is 0.400. The molecule has 1 heterocycles.